The number of benzene rings is 1. The summed E-state index contributed by atoms with van der Waals surface area (Å²) in [6.45, 7) is 0.577. The number of halogens is 1. The van der Waals surface area contributed by atoms with E-state index in [0.717, 1.165) is 5.75 Å². The summed E-state index contributed by atoms with van der Waals surface area (Å²) in [6.07, 6.45) is 0. The highest BCUT2D eigenvalue weighted by Gasteiger charge is 2.00. The number of hydrogen-bond acceptors (Lipinski definition) is 3. The summed E-state index contributed by atoms with van der Waals surface area (Å²) >= 11 is 1.58. The van der Waals surface area contributed by atoms with Gasteiger partial charge in [-0.05, 0) is 11.6 Å². The zero-order chi connectivity index (χ0) is 11.8. The third-order valence-electron chi connectivity index (χ3n) is 1.97. The number of amides is 1. The van der Waals surface area contributed by atoms with Crippen molar-refractivity contribution in [1.29, 1.82) is 0 Å². The molecule has 0 bridgehead atoms. The number of nitrogens with one attached hydrogen (secondary N) is 1. The largest absolute Gasteiger partial charge is 0.354 e. The molecule has 0 radical (unpaired) electrons. The van der Waals surface area contributed by atoms with Crippen molar-refractivity contribution in [2.24, 2.45) is 5.73 Å². The molecule has 1 rings (SSSR count). The van der Waals surface area contributed by atoms with Gasteiger partial charge in [-0.1, -0.05) is 18.2 Å². The first kappa shape index (κ1) is 13.0. The first-order chi connectivity index (χ1) is 7.74. The first-order valence-electron chi connectivity index (χ1n) is 5.02. The van der Waals surface area contributed by atoms with E-state index in [-0.39, 0.29) is 18.3 Å². The van der Waals surface area contributed by atoms with E-state index in [9.17, 15) is 9.18 Å². The van der Waals surface area contributed by atoms with Crippen molar-refractivity contribution in [1.82, 2.24) is 5.32 Å². The molecule has 0 saturated heterocycles. The van der Waals surface area contributed by atoms with Crippen LogP contribution in [-0.4, -0.2) is 24.7 Å². The smallest absolute Gasteiger partial charge is 0.233 e. The van der Waals surface area contributed by atoms with Crippen LogP contribution in [0, 0.1) is 5.82 Å². The van der Waals surface area contributed by atoms with Gasteiger partial charge in [0.25, 0.3) is 0 Å². The Bertz CT molecular complexity index is 347. The van der Waals surface area contributed by atoms with Crippen molar-refractivity contribution in [2.75, 3.05) is 18.8 Å². The number of rotatable bonds is 6. The molecule has 1 aromatic carbocycles. The molecule has 0 aliphatic carbocycles. The van der Waals surface area contributed by atoms with E-state index in [1.807, 2.05) is 6.07 Å². The molecule has 88 valence electrons. The van der Waals surface area contributed by atoms with Gasteiger partial charge in [0.1, 0.15) is 5.82 Å². The second-order valence-electron chi connectivity index (χ2n) is 3.20. The predicted molar refractivity (Wildman–Crippen MR) is 64.6 cm³/mol. The minimum Gasteiger partial charge on any atom is -0.354 e. The maximum absolute atomic E-state index is 13.2. The van der Waals surface area contributed by atoms with Crippen LogP contribution in [-0.2, 0) is 10.5 Å². The van der Waals surface area contributed by atoms with Gasteiger partial charge in [-0.3, -0.25) is 4.79 Å². The minimum absolute atomic E-state index is 0.0119. The summed E-state index contributed by atoms with van der Waals surface area (Å²) < 4.78 is 13.2. The van der Waals surface area contributed by atoms with Gasteiger partial charge >= 0.3 is 0 Å². The average Bonchev–Trinajstić information content (AvgIpc) is 2.30. The summed E-state index contributed by atoms with van der Waals surface area (Å²) in [5, 5.41) is 2.65. The highest BCUT2D eigenvalue weighted by atomic mass is 32.2. The lowest BCUT2D eigenvalue weighted by Crippen LogP contribution is -2.31. The molecule has 16 heavy (non-hydrogen) atoms. The molecule has 1 aromatic rings. The number of thioether (sulfide) groups is 1. The molecule has 1 amide bonds. The van der Waals surface area contributed by atoms with E-state index in [4.69, 9.17) is 5.73 Å². The summed E-state index contributed by atoms with van der Waals surface area (Å²) in [5.74, 6) is 1.03. The van der Waals surface area contributed by atoms with E-state index in [1.165, 1.54) is 6.07 Å². The second kappa shape index (κ2) is 7.24. The van der Waals surface area contributed by atoms with Gasteiger partial charge in [-0.2, -0.15) is 11.8 Å². The molecule has 5 heteroatoms. The Morgan fingerprint density at radius 2 is 2.19 bits per heavy atom. The molecule has 3 N–H and O–H groups in total. The monoisotopic (exact) mass is 242 g/mol. The van der Waals surface area contributed by atoms with Gasteiger partial charge in [-0.25, -0.2) is 4.39 Å². The SMILES string of the molecule is NCC(=O)NCCSCc1ccccc1F. The van der Waals surface area contributed by atoms with Crippen LogP contribution in [0.15, 0.2) is 24.3 Å². The minimum atomic E-state index is -0.180. The van der Waals surface area contributed by atoms with Crippen LogP contribution in [0.3, 0.4) is 0 Å². The van der Waals surface area contributed by atoms with Crippen LogP contribution in [0.5, 0.6) is 0 Å². The third kappa shape index (κ3) is 4.63. The Kier molecular flexibility index (Phi) is 5.88. The van der Waals surface area contributed by atoms with Gasteiger partial charge in [0.2, 0.25) is 5.91 Å². The third-order valence-corrected chi connectivity index (χ3v) is 2.98. The van der Waals surface area contributed by atoms with E-state index >= 15 is 0 Å². The zero-order valence-electron chi connectivity index (χ0n) is 8.91. The Morgan fingerprint density at radius 3 is 2.88 bits per heavy atom. The topological polar surface area (TPSA) is 55.1 Å². The van der Waals surface area contributed by atoms with Gasteiger partial charge in [-0.15, -0.1) is 0 Å². The fourth-order valence-electron chi connectivity index (χ4n) is 1.13. The number of nitrogens with two attached hydrogens (primary N) is 1. The van der Waals surface area contributed by atoms with Crippen molar-refractivity contribution < 1.29 is 9.18 Å². The summed E-state index contributed by atoms with van der Waals surface area (Å²) in [4.78, 5) is 10.8. The lowest BCUT2D eigenvalue weighted by molar-refractivity contribution is -0.119. The lowest BCUT2D eigenvalue weighted by atomic mass is 10.2. The Labute approximate surface area is 98.6 Å². The van der Waals surface area contributed by atoms with Crippen LogP contribution in [0.1, 0.15) is 5.56 Å². The number of carbonyl (C=O) groups excluding carboxylic acids is 1. The Balaban J connectivity index is 2.17. The molecule has 0 heterocycles. The van der Waals surface area contributed by atoms with Gasteiger partial charge < -0.3 is 11.1 Å². The fourth-order valence-corrected chi connectivity index (χ4v) is 1.98. The van der Waals surface area contributed by atoms with E-state index in [1.54, 1.807) is 23.9 Å². The number of hydrogen-bond donors (Lipinski definition) is 2. The average molecular weight is 242 g/mol. The van der Waals surface area contributed by atoms with Crippen LogP contribution >= 0.6 is 11.8 Å². The summed E-state index contributed by atoms with van der Waals surface area (Å²) in [5.41, 5.74) is 5.82. The lowest BCUT2D eigenvalue weighted by Gasteiger charge is -2.04. The maximum Gasteiger partial charge on any atom is 0.233 e. The summed E-state index contributed by atoms with van der Waals surface area (Å²) in [7, 11) is 0. The van der Waals surface area contributed by atoms with E-state index in [0.29, 0.717) is 17.9 Å². The van der Waals surface area contributed by atoms with Gasteiger partial charge in [0.15, 0.2) is 0 Å². The van der Waals surface area contributed by atoms with Crippen molar-refractivity contribution in [2.45, 2.75) is 5.75 Å². The van der Waals surface area contributed by atoms with Gasteiger partial charge in [0, 0.05) is 18.1 Å². The second-order valence-corrected chi connectivity index (χ2v) is 4.30. The first-order valence-corrected chi connectivity index (χ1v) is 6.17. The maximum atomic E-state index is 13.2. The highest BCUT2D eigenvalue weighted by Crippen LogP contribution is 2.14. The molecular formula is C11H15FN2OS. The molecule has 0 aliphatic heterocycles. The molecule has 0 unspecified atom stereocenters. The molecule has 0 atom stereocenters. The van der Waals surface area contributed by atoms with E-state index in [2.05, 4.69) is 5.32 Å². The molecule has 3 nitrogen and oxygen atoms in total. The standard InChI is InChI=1S/C11H15FN2OS/c12-10-4-2-1-3-9(10)8-16-6-5-14-11(15)7-13/h1-4H,5-8,13H2,(H,14,15). The van der Waals surface area contributed by atoms with Crippen molar-refractivity contribution >= 4 is 17.7 Å². The normalized spacial score (nSPS) is 10.1. The van der Waals surface area contributed by atoms with Crippen LogP contribution < -0.4 is 11.1 Å². The van der Waals surface area contributed by atoms with Crippen LogP contribution in [0.2, 0.25) is 0 Å². The molecule has 0 spiro atoms. The molecule has 0 aromatic heterocycles. The van der Waals surface area contributed by atoms with Crippen molar-refractivity contribution in [3.05, 3.63) is 35.6 Å². The van der Waals surface area contributed by atoms with Crippen molar-refractivity contribution in [3.8, 4) is 0 Å². The highest BCUT2D eigenvalue weighted by molar-refractivity contribution is 7.98. The summed E-state index contributed by atoms with van der Waals surface area (Å²) in [6, 6.07) is 6.70. The van der Waals surface area contributed by atoms with E-state index < -0.39 is 0 Å². The van der Waals surface area contributed by atoms with Crippen molar-refractivity contribution in [3.63, 3.8) is 0 Å². The van der Waals surface area contributed by atoms with Crippen LogP contribution in [0.4, 0.5) is 4.39 Å². The molecule has 0 fully saturated rings. The van der Waals surface area contributed by atoms with Crippen LogP contribution in [0.25, 0.3) is 0 Å². The fraction of sp³-hybridized carbons (Fsp3) is 0.364. The molecular weight excluding hydrogens is 227 g/mol. The molecule has 0 saturated carbocycles. The van der Waals surface area contributed by atoms with Gasteiger partial charge in [0.05, 0.1) is 6.54 Å². The quantitative estimate of drug-likeness (QED) is 0.735. The Hall–Kier alpha value is -1.07. The zero-order valence-corrected chi connectivity index (χ0v) is 9.73. The number of carbonyl (C=O) groups is 1. The Morgan fingerprint density at radius 1 is 1.44 bits per heavy atom. The molecule has 0 aliphatic rings. The predicted octanol–water partition coefficient (Wildman–Crippen LogP) is 1.13.